The summed E-state index contributed by atoms with van der Waals surface area (Å²) < 4.78 is 40.8. The van der Waals surface area contributed by atoms with Gasteiger partial charge in [0.2, 0.25) is 0 Å². The Hall–Kier alpha value is -6.68. The summed E-state index contributed by atoms with van der Waals surface area (Å²) in [5.41, 5.74) is 7.99. The van der Waals surface area contributed by atoms with E-state index in [2.05, 4.69) is 93.6 Å². The lowest BCUT2D eigenvalue weighted by Crippen LogP contribution is -2.43. The summed E-state index contributed by atoms with van der Waals surface area (Å²) in [6, 6.07) is 47.2. The van der Waals surface area contributed by atoms with E-state index in [4.69, 9.17) is 48.0 Å². The molecule has 6 N–H and O–H groups in total. The third-order valence-corrected chi connectivity index (χ3v) is 19.4. The van der Waals surface area contributed by atoms with Crippen LogP contribution in [0, 0.1) is 17.4 Å². The largest absolute Gasteiger partial charge is 0.541 e. The van der Waals surface area contributed by atoms with Crippen LogP contribution in [0.15, 0.2) is 156 Å². The van der Waals surface area contributed by atoms with Crippen LogP contribution in [0.2, 0.25) is 18.1 Å². The molecule has 0 aliphatic carbocycles. The van der Waals surface area contributed by atoms with Gasteiger partial charge in [-0.2, -0.15) is 12.6 Å². The Balaban J connectivity index is 0.000000219. The number of hydrogen-bond acceptors (Lipinski definition) is 14. The molecule has 0 amide bonds. The Morgan fingerprint density at radius 1 is 0.543 bits per heavy atom. The second-order valence-electron chi connectivity index (χ2n) is 20.0. The first-order chi connectivity index (χ1) is 38.5. The molecule has 0 spiro atoms. The Morgan fingerprint density at radius 2 is 1.07 bits per heavy atom. The third-order valence-electron chi connectivity index (χ3n) is 13.1. The Kier molecular flexibility index (Phi) is 24.4. The first-order valence-electron chi connectivity index (χ1n) is 25.6. The zero-order valence-electron chi connectivity index (χ0n) is 47.4. The number of rotatable bonds is 16. The van der Waals surface area contributed by atoms with E-state index in [-0.39, 0.29) is 33.5 Å². The minimum atomic E-state index is -1.89. The molecule has 0 saturated heterocycles. The fourth-order valence-corrected chi connectivity index (χ4v) is 9.98. The van der Waals surface area contributed by atoms with Crippen LogP contribution in [0.5, 0.6) is 63.2 Å². The molecule has 0 fully saturated rings. The SMILES string of the molecule is COc1cc(-c2ccc(CS)cc2)c(OC)c(O)c1-c1ccc(OCc2ccccc2)c(O)c1.COc1cc(Br)c(OC)c(O)c1I.Cc1ccc(B(O)O)c(O)c1.Cc1ccc(OCc2ccccc2)c(O[Si](C)(C)C(C)(C)C)c1. The van der Waals surface area contributed by atoms with Gasteiger partial charge in [-0.05, 0) is 152 Å². The molecule has 0 atom stereocenters. The van der Waals surface area contributed by atoms with Gasteiger partial charge in [-0.15, -0.1) is 0 Å². The highest BCUT2D eigenvalue weighted by Gasteiger charge is 2.39. The lowest BCUT2D eigenvalue weighted by atomic mass is 9.79. The monoisotopic (exact) mass is 1310 g/mol. The maximum absolute atomic E-state index is 11.2. The molecule has 0 aromatic heterocycles. The molecule has 8 aromatic rings. The van der Waals surface area contributed by atoms with E-state index >= 15 is 0 Å². The van der Waals surface area contributed by atoms with Crippen LogP contribution in [0.1, 0.15) is 48.6 Å². The molecule has 0 radical (unpaired) electrons. The van der Waals surface area contributed by atoms with Crippen molar-refractivity contribution in [2.75, 3.05) is 28.4 Å². The fraction of sp³-hybridized carbons (Fsp3) is 0.238. The summed E-state index contributed by atoms with van der Waals surface area (Å²) in [6.07, 6.45) is 0. The van der Waals surface area contributed by atoms with Crippen molar-refractivity contribution < 1.29 is 63.3 Å². The van der Waals surface area contributed by atoms with E-state index < -0.39 is 15.4 Å². The molecule has 428 valence electrons. The van der Waals surface area contributed by atoms with E-state index in [1.54, 1.807) is 37.4 Å². The number of methoxy groups -OCH3 is 4. The Bertz CT molecular complexity index is 3310. The first-order valence-corrected chi connectivity index (χ1v) is 31.0. The number of thiol groups is 1. The highest BCUT2D eigenvalue weighted by Crippen LogP contribution is 2.51. The van der Waals surface area contributed by atoms with Crippen molar-refractivity contribution in [3.8, 4) is 85.5 Å². The average molecular weight is 1310 g/mol. The second kappa shape index (κ2) is 30.4. The molecule has 0 unspecified atom stereocenters. The Labute approximate surface area is 505 Å². The molecule has 0 saturated carbocycles. The van der Waals surface area contributed by atoms with Gasteiger partial charge in [0.05, 0.1) is 38.5 Å². The number of benzene rings is 8. The third kappa shape index (κ3) is 17.9. The van der Waals surface area contributed by atoms with E-state index in [0.29, 0.717) is 72.4 Å². The van der Waals surface area contributed by atoms with Crippen molar-refractivity contribution in [1.82, 2.24) is 0 Å². The maximum Gasteiger partial charge on any atom is 0.492 e. The molecule has 13 nitrogen and oxygen atoms in total. The van der Waals surface area contributed by atoms with Gasteiger partial charge < -0.3 is 63.3 Å². The number of aromatic hydroxyl groups is 4. The van der Waals surface area contributed by atoms with Gasteiger partial charge in [0.1, 0.15) is 39.8 Å². The summed E-state index contributed by atoms with van der Waals surface area (Å²) in [4.78, 5) is 0. The Morgan fingerprint density at radius 3 is 1.58 bits per heavy atom. The minimum Gasteiger partial charge on any atom is -0.541 e. The number of hydrogen-bond donors (Lipinski definition) is 7. The van der Waals surface area contributed by atoms with Gasteiger partial charge in [0.15, 0.2) is 40.2 Å². The number of phenolic OH excluding ortho intramolecular Hbond substituents is 4. The fourth-order valence-electron chi connectivity index (χ4n) is 7.57. The molecule has 0 aliphatic rings. The maximum atomic E-state index is 11.2. The van der Waals surface area contributed by atoms with Crippen molar-refractivity contribution in [1.29, 1.82) is 0 Å². The van der Waals surface area contributed by atoms with E-state index in [0.717, 1.165) is 39.3 Å². The highest BCUT2D eigenvalue weighted by molar-refractivity contribution is 14.1. The van der Waals surface area contributed by atoms with Crippen molar-refractivity contribution in [2.45, 2.75) is 71.7 Å². The van der Waals surface area contributed by atoms with Gasteiger partial charge in [-0.25, -0.2) is 0 Å². The van der Waals surface area contributed by atoms with Crippen LogP contribution in [-0.4, -0.2) is 74.3 Å². The first kappa shape index (κ1) is 65.1. The van der Waals surface area contributed by atoms with Crippen molar-refractivity contribution in [3.63, 3.8) is 0 Å². The lowest BCUT2D eigenvalue weighted by molar-refractivity contribution is 0.289. The van der Waals surface area contributed by atoms with E-state index in [1.807, 2.05) is 114 Å². The predicted octanol–water partition coefficient (Wildman–Crippen LogP) is 14.6. The van der Waals surface area contributed by atoms with Crippen LogP contribution in [0.25, 0.3) is 22.3 Å². The zero-order valence-corrected chi connectivity index (χ0v) is 53.0. The zero-order chi connectivity index (χ0) is 59.6. The van der Waals surface area contributed by atoms with Crippen LogP contribution in [0.4, 0.5) is 0 Å². The van der Waals surface area contributed by atoms with Crippen LogP contribution in [0.3, 0.4) is 0 Å². The quantitative estimate of drug-likeness (QED) is 0.0276. The molecule has 8 rings (SSSR count). The van der Waals surface area contributed by atoms with Crippen molar-refractivity contribution in [3.05, 3.63) is 188 Å². The number of ether oxygens (including phenoxy) is 6. The number of halogens is 2. The van der Waals surface area contributed by atoms with Crippen LogP contribution >= 0.6 is 51.1 Å². The normalized spacial score (nSPS) is 10.8. The topological polar surface area (TPSA) is 186 Å². The number of phenols is 4. The summed E-state index contributed by atoms with van der Waals surface area (Å²) in [6.45, 7) is 16.0. The van der Waals surface area contributed by atoms with Crippen molar-refractivity contribution in [2.24, 2.45) is 0 Å². The van der Waals surface area contributed by atoms with Gasteiger partial charge in [-0.3, -0.25) is 0 Å². The summed E-state index contributed by atoms with van der Waals surface area (Å²) in [5, 5.41) is 58.1. The second-order valence-corrected chi connectivity index (χ2v) is 26.9. The molecular formula is C63H71BBrIO13SSi. The van der Waals surface area contributed by atoms with Crippen molar-refractivity contribution >= 4 is 72.0 Å². The van der Waals surface area contributed by atoms with Gasteiger partial charge in [0, 0.05) is 16.8 Å². The summed E-state index contributed by atoms with van der Waals surface area (Å²) >= 11 is 9.56. The van der Waals surface area contributed by atoms with Crippen LogP contribution in [-0.2, 0) is 19.0 Å². The standard InChI is InChI=1S/C28H26O5S.C20H28O2Si.C8H8BrIO3.C7H9BO3/c1-31-25-15-22(20-10-8-19(17-34)9-11-20)28(32-2)27(30)26(25)21-12-13-24(23(29)14-21)33-16-18-6-4-3-5-7-18;1-16-12-13-18(21-15-17-10-8-7-9-11-17)19(14-16)22-23(5,6)20(2,3)4;1-12-5-3-4(9)8(13-2)7(11)6(5)10;1-5-2-3-6(8(10)11)7(9)4-5/h3-15,29-30,34H,16-17H2,1-2H3;7-14H,15H2,1-6H3;3,11H,1-2H3;2-4,9-11H,1H3. The van der Waals surface area contributed by atoms with Gasteiger partial charge in [0.25, 0.3) is 8.32 Å². The van der Waals surface area contributed by atoms with Crippen LogP contribution < -0.4 is 38.3 Å². The van der Waals surface area contributed by atoms with Gasteiger partial charge >= 0.3 is 7.12 Å². The summed E-state index contributed by atoms with van der Waals surface area (Å²) in [7, 11) is 2.61. The molecule has 81 heavy (non-hydrogen) atoms. The smallest absolute Gasteiger partial charge is 0.492 e. The highest BCUT2D eigenvalue weighted by atomic mass is 127. The number of aryl methyl sites for hydroxylation is 2. The summed E-state index contributed by atoms with van der Waals surface area (Å²) in [5.74, 6) is 4.37. The average Bonchev–Trinajstić information content (AvgIpc) is 3.44. The molecule has 0 heterocycles. The molecular weight excluding hydrogens is 1240 g/mol. The molecule has 0 bridgehead atoms. The lowest BCUT2D eigenvalue weighted by Gasteiger charge is -2.37. The molecule has 18 heteroatoms. The molecule has 8 aromatic carbocycles. The molecule has 0 aliphatic heterocycles. The minimum absolute atomic E-state index is 0.0414. The van der Waals surface area contributed by atoms with E-state index in [9.17, 15) is 15.3 Å². The van der Waals surface area contributed by atoms with Gasteiger partial charge in [-0.1, -0.05) is 130 Å². The predicted molar refractivity (Wildman–Crippen MR) is 341 cm³/mol. The van der Waals surface area contributed by atoms with E-state index in [1.165, 1.54) is 39.0 Å².